The van der Waals surface area contributed by atoms with E-state index in [1.54, 1.807) is 0 Å². The van der Waals surface area contributed by atoms with Crippen LogP contribution in [-0.4, -0.2) is 14.4 Å². The Hall–Kier alpha value is -2.36. The zero-order valence-corrected chi connectivity index (χ0v) is 12.0. The maximum atomic E-state index is 4.61. The Morgan fingerprint density at radius 3 is 2.70 bits per heavy atom. The smallest absolute Gasteiger partial charge is 0.137 e. The van der Waals surface area contributed by atoms with Crippen molar-refractivity contribution in [1.82, 2.24) is 14.4 Å². The molecule has 0 amide bonds. The van der Waals surface area contributed by atoms with E-state index >= 15 is 0 Å². The number of hydrogen-bond acceptors (Lipinski definition) is 3. The van der Waals surface area contributed by atoms with Crippen LogP contribution in [0, 0.1) is 20.8 Å². The van der Waals surface area contributed by atoms with Crippen LogP contribution in [0.5, 0.6) is 0 Å². The summed E-state index contributed by atoms with van der Waals surface area (Å²) in [6.45, 7) is 6.84. The number of aromatic nitrogens is 3. The van der Waals surface area contributed by atoms with Gasteiger partial charge in [-0.05, 0) is 50.6 Å². The van der Waals surface area contributed by atoms with Gasteiger partial charge in [-0.1, -0.05) is 6.07 Å². The van der Waals surface area contributed by atoms with E-state index in [1.807, 2.05) is 25.1 Å². The Morgan fingerprint density at radius 2 is 1.95 bits per heavy atom. The Labute approximate surface area is 118 Å². The summed E-state index contributed by atoms with van der Waals surface area (Å²) in [5, 5.41) is 3.34. The molecule has 0 aliphatic rings. The van der Waals surface area contributed by atoms with Crippen LogP contribution < -0.4 is 5.32 Å². The van der Waals surface area contributed by atoms with Crippen molar-refractivity contribution in [2.45, 2.75) is 27.3 Å². The predicted octanol–water partition coefficient (Wildman–Crippen LogP) is 3.27. The zero-order chi connectivity index (χ0) is 14.1. The van der Waals surface area contributed by atoms with Gasteiger partial charge in [0.2, 0.25) is 0 Å². The van der Waals surface area contributed by atoms with Gasteiger partial charge in [-0.25, -0.2) is 9.97 Å². The topological polar surface area (TPSA) is 42.2 Å². The van der Waals surface area contributed by atoms with Crippen LogP contribution in [0.1, 0.15) is 22.6 Å². The molecular weight excluding hydrogens is 248 g/mol. The first-order valence-electron chi connectivity index (χ1n) is 6.74. The number of nitrogens with one attached hydrogen (secondary N) is 1. The summed E-state index contributed by atoms with van der Waals surface area (Å²) in [7, 11) is 0. The van der Waals surface area contributed by atoms with Gasteiger partial charge >= 0.3 is 0 Å². The Morgan fingerprint density at radius 1 is 1.10 bits per heavy atom. The molecule has 0 radical (unpaired) electrons. The molecule has 0 saturated carbocycles. The lowest BCUT2D eigenvalue weighted by Crippen LogP contribution is -2.02. The average Bonchev–Trinajstić information content (AvgIpc) is 2.80. The van der Waals surface area contributed by atoms with Gasteiger partial charge in [0.1, 0.15) is 11.5 Å². The maximum Gasteiger partial charge on any atom is 0.137 e. The van der Waals surface area contributed by atoms with E-state index in [0.717, 1.165) is 22.9 Å². The first-order chi connectivity index (χ1) is 9.61. The van der Waals surface area contributed by atoms with Crippen LogP contribution >= 0.6 is 0 Å². The van der Waals surface area contributed by atoms with Crippen molar-refractivity contribution in [2.75, 3.05) is 5.32 Å². The third-order valence-electron chi connectivity index (χ3n) is 3.29. The van der Waals surface area contributed by atoms with Gasteiger partial charge in [0.25, 0.3) is 0 Å². The van der Waals surface area contributed by atoms with Crippen LogP contribution in [0.4, 0.5) is 5.82 Å². The fourth-order valence-corrected chi connectivity index (χ4v) is 2.40. The highest BCUT2D eigenvalue weighted by Crippen LogP contribution is 2.12. The van der Waals surface area contributed by atoms with E-state index in [9.17, 15) is 0 Å². The molecule has 0 bridgehead atoms. The molecular formula is C16H18N4. The third kappa shape index (κ3) is 2.50. The molecule has 0 spiro atoms. The number of rotatable bonds is 3. The van der Waals surface area contributed by atoms with Crippen molar-refractivity contribution in [1.29, 1.82) is 0 Å². The summed E-state index contributed by atoms with van der Waals surface area (Å²) < 4.78 is 2.10. The number of aryl methyl sites for hydroxylation is 3. The summed E-state index contributed by atoms with van der Waals surface area (Å²) in [6, 6.07) is 10.2. The second-order valence-corrected chi connectivity index (χ2v) is 5.15. The minimum absolute atomic E-state index is 0.678. The van der Waals surface area contributed by atoms with Crippen molar-refractivity contribution in [2.24, 2.45) is 0 Å². The first-order valence-corrected chi connectivity index (χ1v) is 6.74. The molecule has 0 aliphatic carbocycles. The molecule has 3 aromatic heterocycles. The van der Waals surface area contributed by atoms with Crippen molar-refractivity contribution in [3.63, 3.8) is 0 Å². The molecule has 3 heterocycles. The lowest BCUT2D eigenvalue weighted by atomic mass is 10.2. The average molecular weight is 266 g/mol. The molecule has 0 unspecified atom stereocenters. The third-order valence-corrected chi connectivity index (χ3v) is 3.29. The minimum Gasteiger partial charge on any atom is -0.364 e. The molecule has 4 heteroatoms. The molecule has 0 saturated heterocycles. The molecule has 0 fully saturated rings. The van der Waals surface area contributed by atoms with Crippen molar-refractivity contribution in [3.05, 3.63) is 59.2 Å². The normalized spacial score (nSPS) is 10.9. The van der Waals surface area contributed by atoms with Crippen LogP contribution in [0.3, 0.4) is 0 Å². The van der Waals surface area contributed by atoms with Crippen molar-refractivity contribution in [3.8, 4) is 0 Å². The van der Waals surface area contributed by atoms with Crippen LogP contribution in [0.2, 0.25) is 0 Å². The van der Waals surface area contributed by atoms with E-state index in [-0.39, 0.29) is 0 Å². The number of pyridine rings is 2. The molecule has 1 N–H and O–H groups in total. The highest BCUT2D eigenvalue weighted by atomic mass is 15.0. The monoisotopic (exact) mass is 266 g/mol. The highest BCUT2D eigenvalue weighted by Gasteiger charge is 2.04. The molecule has 0 aromatic carbocycles. The first kappa shape index (κ1) is 12.7. The lowest BCUT2D eigenvalue weighted by Gasteiger charge is -2.05. The molecule has 3 aromatic rings. The quantitative estimate of drug-likeness (QED) is 0.791. The van der Waals surface area contributed by atoms with Crippen LogP contribution in [0.15, 0.2) is 36.5 Å². The number of imidazole rings is 1. The molecule has 0 atom stereocenters. The van der Waals surface area contributed by atoms with Gasteiger partial charge in [-0.15, -0.1) is 0 Å². The fourth-order valence-electron chi connectivity index (χ4n) is 2.40. The Kier molecular flexibility index (Phi) is 3.14. The van der Waals surface area contributed by atoms with Crippen molar-refractivity contribution >= 4 is 11.5 Å². The van der Waals surface area contributed by atoms with E-state index < -0.39 is 0 Å². The largest absolute Gasteiger partial charge is 0.364 e. The van der Waals surface area contributed by atoms with Gasteiger partial charge in [0, 0.05) is 17.6 Å². The molecule has 0 aliphatic heterocycles. The predicted molar refractivity (Wildman–Crippen MR) is 81.0 cm³/mol. The van der Waals surface area contributed by atoms with Crippen LogP contribution in [0.25, 0.3) is 5.65 Å². The zero-order valence-electron chi connectivity index (χ0n) is 12.0. The fraction of sp³-hybridized carbons (Fsp3) is 0.250. The van der Waals surface area contributed by atoms with Crippen molar-refractivity contribution < 1.29 is 0 Å². The highest BCUT2D eigenvalue weighted by molar-refractivity contribution is 5.43. The molecule has 4 nitrogen and oxygen atoms in total. The lowest BCUT2D eigenvalue weighted by molar-refractivity contribution is 1.04. The summed E-state index contributed by atoms with van der Waals surface area (Å²) in [5.41, 5.74) is 5.42. The molecule has 3 rings (SSSR count). The number of nitrogens with zero attached hydrogens (tertiary/aromatic N) is 3. The summed E-state index contributed by atoms with van der Waals surface area (Å²) >= 11 is 0. The SMILES string of the molecule is Cc1cc(C)nc(NCc2cn3c(C)cccc3n2)c1. The number of fused-ring (bicyclic) bond motifs is 1. The summed E-state index contributed by atoms with van der Waals surface area (Å²) in [5.74, 6) is 0.899. The standard InChI is InChI=1S/C16H18N4/c1-11-7-12(2)18-15(8-11)17-9-14-10-20-13(3)5-4-6-16(20)19-14/h4-8,10H,9H2,1-3H3,(H,17,18). The van der Waals surface area contributed by atoms with E-state index in [0.29, 0.717) is 6.54 Å². The number of anilines is 1. The van der Waals surface area contributed by atoms with Gasteiger partial charge in [-0.3, -0.25) is 0 Å². The number of hydrogen-bond donors (Lipinski definition) is 1. The maximum absolute atomic E-state index is 4.61. The van der Waals surface area contributed by atoms with E-state index in [1.165, 1.54) is 11.3 Å². The second-order valence-electron chi connectivity index (χ2n) is 5.15. The minimum atomic E-state index is 0.678. The summed E-state index contributed by atoms with van der Waals surface area (Å²) in [6.07, 6.45) is 2.07. The van der Waals surface area contributed by atoms with Crippen LogP contribution in [-0.2, 0) is 6.54 Å². The van der Waals surface area contributed by atoms with Gasteiger partial charge < -0.3 is 9.72 Å². The second kappa shape index (κ2) is 4.96. The van der Waals surface area contributed by atoms with E-state index in [2.05, 4.69) is 51.9 Å². The Balaban J connectivity index is 1.81. The van der Waals surface area contributed by atoms with Gasteiger partial charge in [-0.2, -0.15) is 0 Å². The molecule has 102 valence electrons. The summed E-state index contributed by atoms with van der Waals surface area (Å²) in [4.78, 5) is 9.08. The van der Waals surface area contributed by atoms with Gasteiger partial charge in [0.05, 0.1) is 12.2 Å². The van der Waals surface area contributed by atoms with Gasteiger partial charge in [0.15, 0.2) is 0 Å². The van der Waals surface area contributed by atoms with E-state index in [4.69, 9.17) is 0 Å². The Bertz CT molecular complexity index is 738. The molecule has 20 heavy (non-hydrogen) atoms.